The van der Waals surface area contributed by atoms with Gasteiger partial charge in [0.05, 0.1) is 17.6 Å². The summed E-state index contributed by atoms with van der Waals surface area (Å²) in [4.78, 5) is 12.3. The lowest BCUT2D eigenvalue weighted by Gasteiger charge is -2.24. The Hall–Kier alpha value is -4.06. The number of carbonyl (C=O) groups excluding carboxylic acids is 1. The number of amides is 1. The summed E-state index contributed by atoms with van der Waals surface area (Å²) in [6, 6.07) is 5.64. The molecule has 3 rings (SSSR count). The maximum atomic E-state index is 13.6. The van der Waals surface area contributed by atoms with Crippen molar-refractivity contribution in [3.63, 3.8) is 0 Å². The van der Waals surface area contributed by atoms with Gasteiger partial charge in [0.2, 0.25) is 11.8 Å². The first kappa shape index (κ1) is 31.2. The van der Waals surface area contributed by atoms with Gasteiger partial charge in [-0.05, 0) is 49.5 Å². The highest BCUT2D eigenvalue weighted by Gasteiger charge is 2.35. The summed E-state index contributed by atoms with van der Waals surface area (Å²) < 4.78 is 58.1. The van der Waals surface area contributed by atoms with Gasteiger partial charge in [0, 0.05) is 31.3 Å². The largest absolute Gasteiger partial charge is 0.440 e. The second-order valence-corrected chi connectivity index (χ2v) is 8.56. The number of nitrogens with zero attached hydrogens (tertiary/aromatic N) is 3. The van der Waals surface area contributed by atoms with Crippen LogP contribution in [0.3, 0.4) is 0 Å². The number of ether oxygens (including phenoxy) is 1. The molecule has 12 heteroatoms. The number of anilines is 1. The maximum absolute atomic E-state index is 13.6. The molecule has 0 aliphatic carbocycles. The van der Waals surface area contributed by atoms with Crippen molar-refractivity contribution in [2.45, 2.75) is 45.2 Å². The van der Waals surface area contributed by atoms with Gasteiger partial charge in [-0.15, -0.1) is 0 Å². The summed E-state index contributed by atoms with van der Waals surface area (Å²) in [5.41, 5.74) is 10.2. The van der Waals surface area contributed by atoms with E-state index in [1.807, 2.05) is 6.08 Å². The van der Waals surface area contributed by atoms with Gasteiger partial charge in [0.1, 0.15) is 18.1 Å². The van der Waals surface area contributed by atoms with Gasteiger partial charge >= 0.3 is 6.18 Å². The zero-order chi connectivity index (χ0) is 29.0. The lowest BCUT2D eigenvalue weighted by molar-refractivity contribution is -0.132. The van der Waals surface area contributed by atoms with Gasteiger partial charge in [-0.1, -0.05) is 31.7 Å². The van der Waals surface area contributed by atoms with Crippen molar-refractivity contribution in [1.29, 1.82) is 0 Å². The number of nitrogens with one attached hydrogen (secondary N) is 1. The van der Waals surface area contributed by atoms with E-state index in [0.717, 1.165) is 12.0 Å². The Morgan fingerprint density at radius 3 is 2.64 bits per heavy atom. The first-order valence-corrected chi connectivity index (χ1v) is 12.2. The molecule has 1 aromatic carbocycles. The fourth-order valence-corrected chi connectivity index (χ4v) is 3.78. The first-order valence-electron chi connectivity index (χ1n) is 12.2. The minimum Gasteiger partial charge on any atom is -0.440 e. The minimum atomic E-state index is -4.50. The molecule has 0 bridgehead atoms. The number of hydrazine groups is 1. The molecule has 1 aromatic heterocycles. The molecule has 1 aliphatic rings. The predicted octanol–water partition coefficient (Wildman–Crippen LogP) is 4.92. The molecule has 8 nitrogen and oxygen atoms in total. The summed E-state index contributed by atoms with van der Waals surface area (Å²) in [7, 11) is 1.81. The first-order chi connectivity index (χ1) is 18.5. The highest BCUT2D eigenvalue weighted by Crippen LogP contribution is 2.31. The number of rotatable bonds is 9. The normalized spacial score (nSPS) is 14.4. The van der Waals surface area contributed by atoms with E-state index in [1.165, 1.54) is 18.2 Å². The number of fused-ring (bicyclic) bond motifs is 1. The van der Waals surface area contributed by atoms with Crippen LogP contribution in [0.25, 0.3) is 0 Å². The van der Waals surface area contributed by atoms with Crippen LogP contribution in [-0.2, 0) is 18.3 Å². The van der Waals surface area contributed by atoms with Crippen molar-refractivity contribution in [3.05, 3.63) is 89.9 Å². The average Bonchev–Trinajstić information content (AvgIpc) is 3.19. The van der Waals surface area contributed by atoms with Crippen LogP contribution in [0.2, 0.25) is 0 Å². The molecule has 1 amide bonds. The standard InChI is InChI=1S/C15H23N5O.C12H11F4NO/c1-4-6-13(14(16)11-18-17)8-5-7-12(2)21-15-9-10-19-20(15)3;13-9-4-2-5-10-8(9)3-1-6-11(18)17(10)7-12(14,15)16/h5-7,9-11,18H,2,4,8,16-17H2,1,3H3;2,4-5H,1,3,6-7H2/b7-5-,13-6+,14-11-;. The minimum absolute atomic E-state index is 0.00417. The number of alkyl halides is 3. The Labute approximate surface area is 225 Å². The van der Waals surface area contributed by atoms with E-state index < -0.39 is 24.4 Å². The van der Waals surface area contributed by atoms with Gasteiger partial charge in [-0.25, -0.2) is 9.07 Å². The Morgan fingerprint density at radius 2 is 2.03 bits per heavy atom. The average molecular weight is 551 g/mol. The third-order valence-electron chi connectivity index (χ3n) is 5.55. The van der Waals surface area contributed by atoms with Crippen LogP contribution in [-0.4, -0.2) is 28.4 Å². The van der Waals surface area contributed by atoms with Crippen LogP contribution < -0.4 is 26.6 Å². The Balaban J connectivity index is 0.000000276. The number of benzene rings is 1. The number of carbonyl (C=O) groups is 1. The second kappa shape index (κ2) is 14.8. The summed E-state index contributed by atoms with van der Waals surface area (Å²) in [6.45, 7) is 4.53. The van der Waals surface area contributed by atoms with Gasteiger partial charge in [0.25, 0.3) is 0 Å². The number of nitrogens with two attached hydrogens (primary N) is 2. The van der Waals surface area contributed by atoms with E-state index in [0.29, 0.717) is 35.1 Å². The predicted molar refractivity (Wildman–Crippen MR) is 142 cm³/mol. The van der Waals surface area contributed by atoms with E-state index in [1.54, 1.807) is 36.3 Å². The molecular weight excluding hydrogens is 516 g/mol. The van der Waals surface area contributed by atoms with E-state index in [4.69, 9.17) is 16.3 Å². The molecule has 5 N–H and O–H groups in total. The van der Waals surface area contributed by atoms with Crippen LogP contribution >= 0.6 is 0 Å². The highest BCUT2D eigenvalue weighted by molar-refractivity contribution is 5.95. The summed E-state index contributed by atoms with van der Waals surface area (Å²) in [5, 5.41) is 4.02. The van der Waals surface area contributed by atoms with Crippen molar-refractivity contribution >= 4 is 11.6 Å². The van der Waals surface area contributed by atoms with Crippen molar-refractivity contribution in [2.24, 2.45) is 18.6 Å². The number of hydrogen-bond acceptors (Lipinski definition) is 6. The molecule has 0 saturated carbocycles. The van der Waals surface area contributed by atoms with E-state index in [9.17, 15) is 22.4 Å². The van der Waals surface area contributed by atoms with E-state index in [-0.39, 0.29) is 24.1 Å². The van der Waals surface area contributed by atoms with Crippen LogP contribution in [0, 0.1) is 5.82 Å². The molecule has 0 fully saturated rings. The molecule has 0 spiro atoms. The third-order valence-corrected chi connectivity index (χ3v) is 5.55. The highest BCUT2D eigenvalue weighted by atomic mass is 19.4. The van der Waals surface area contributed by atoms with E-state index >= 15 is 0 Å². The molecule has 2 aromatic rings. The molecule has 2 heterocycles. The Bertz CT molecular complexity index is 1220. The molecule has 0 radical (unpaired) electrons. The monoisotopic (exact) mass is 550 g/mol. The van der Waals surface area contributed by atoms with Crippen LogP contribution in [0.4, 0.5) is 23.2 Å². The SMILES string of the molecule is C=C(/C=C\CC(=C\CC)/C(N)=C/NN)Oc1ccnn1C.O=C1CCCc2c(F)cccc2N1CC(F)(F)F. The fraction of sp³-hybridized carbons (Fsp3) is 0.333. The quantitative estimate of drug-likeness (QED) is 0.134. The van der Waals surface area contributed by atoms with Crippen LogP contribution in [0.5, 0.6) is 5.88 Å². The van der Waals surface area contributed by atoms with Crippen molar-refractivity contribution in [3.8, 4) is 5.88 Å². The number of aryl methyl sites for hydroxylation is 1. The maximum Gasteiger partial charge on any atom is 0.406 e. The molecule has 212 valence electrons. The van der Waals surface area contributed by atoms with Gasteiger partial charge in [-0.3, -0.25) is 10.6 Å². The van der Waals surface area contributed by atoms with Gasteiger partial charge < -0.3 is 20.8 Å². The fourth-order valence-electron chi connectivity index (χ4n) is 3.78. The van der Waals surface area contributed by atoms with Crippen molar-refractivity contribution in [1.82, 2.24) is 15.2 Å². The molecule has 0 saturated heterocycles. The molecule has 39 heavy (non-hydrogen) atoms. The summed E-state index contributed by atoms with van der Waals surface area (Å²) >= 11 is 0. The van der Waals surface area contributed by atoms with Crippen molar-refractivity contribution in [2.75, 3.05) is 11.4 Å². The summed E-state index contributed by atoms with van der Waals surface area (Å²) in [5.74, 6) is 5.24. The molecule has 0 atom stereocenters. The van der Waals surface area contributed by atoms with Crippen molar-refractivity contribution < 1.29 is 27.1 Å². The van der Waals surface area contributed by atoms with Crippen LogP contribution in [0.15, 0.2) is 78.5 Å². The Morgan fingerprint density at radius 1 is 1.28 bits per heavy atom. The number of halogens is 4. The molecule has 1 aliphatic heterocycles. The lowest BCUT2D eigenvalue weighted by Crippen LogP contribution is -2.38. The smallest absolute Gasteiger partial charge is 0.406 e. The number of aromatic nitrogens is 2. The Kier molecular flexibility index (Phi) is 11.8. The molecule has 0 unspecified atom stereocenters. The summed E-state index contributed by atoms with van der Waals surface area (Å²) in [6.07, 6.45) is 6.75. The number of allylic oxidation sites excluding steroid dienone is 4. The molecular formula is C27H34F4N6O2. The van der Waals surface area contributed by atoms with Crippen LogP contribution in [0.1, 0.15) is 38.2 Å². The zero-order valence-corrected chi connectivity index (χ0v) is 22.0. The topological polar surface area (TPSA) is 111 Å². The third kappa shape index (κ3) is 9.97. The van der Waals surface area contributed by atoms with Gasteiger partial charge in [-0.2, -0.15) is 18.3 Å². The lowest BCUT2D eigenvalue weighted by atomic mass is 10.1. The van der Waals surface area contributed by atoms with Gasteiger partial charge in [0.15, 0.2) is 0 Å². The number of hydrogen-bond donors (Lipinski definition) is 3. The second-order valence-electron chi connectivity index (χ2n) is 8.56. The van der Waals surface area contributed by atoms with E-state index in [2.05, 4.69) is 30.1 Å². The zero-order valence-electron chi connectivity index (χ0n) is 22.0.